The van der Waals surface area contributed by atoms with Gasteiger partial charge in [0.15, 0.2) is 6.04 Å². The predicted octanol–water partition coefficient (Wildman–Crippen LogP) is -0.0956. The molecule has 0 radical (unpaired) electrons. The highest BCUT2D eigenvalue weighted by molar-refractivity contribution is 5.95. The molecular formula is C9H15NO4. The summed E-state index contributed by atoms with van der Waals surface area (Å²) in [4.78, 5) is 21.7. The predicted molar refractivity (Wildman–Crippen MR) is 50.7 cm³/mol. The average Bonchev–Trinajstić information content (AvgIpc) is 2.13. The molecule has 0 aromatic heterocycles. The molecule has 1 amide bonds. The fourth-order valence-electron chi connectivity index (χ4n) is 0.856. The molecule has 1 atom stereocenters. The van der Waals surface area contributed by atoms with Gasteiger partial charge in [-0.25, -0.2) is 4.79 Å². The van der Waals surface area contributed by atoms with Crippen LogP contribution in [0.2, 0.25) is 0 Å². The maximum Gasteiger partial charge on any atom is 0.328 e. The Balaban J connectivity index is 4.30. The van der Waals surface area contributed by atoms with E-state index in [0.717, 1.165) is 0 Å². The summed E-state index contributed by atoms with van der Waals surface area (Å²) in [5.74, 6) is -1.71. The Morgan fingerprint density at radius 3 is 2.43 bits per heavy atom. The zero-order valence-corrected chi connectivity index (χ0v) is 8.28. The Bertz CT molecular complexity index is 247. The lowest BCUT2D eigenvalue weighted by Gasteiger charge is -2.11. The second-order valence-electron chi connectivity index (χ2n) is 2.84. The molecule has 0 fully saturated rings. The van der Waals surface area contributed by atoms with Crippen molar-refractivity contribution >= 4 is 11.9 Å². The number of carboxylic acids is 1. The number of aliphatic hydroxyl groups is 1. The van der Waals surface area contributed by atoms with Crippen LogP contribution in [0.4, 0.5) is 0 Å². The summed E-state index contributed by atoms with van der Waals surface area (Å²) >= 11 is 0. The molecule has 0 saturated carbocycles. The van der Waals surface area contributed by atoms with Gasteiger partial charge in [-0.3, -0.25) is 4.79 Å². The molecule has 0 aliphatic heterocycles. The normalized spacial score (nSPS) is 13.5. The lowest BCUT2D eigenvalue weighted by molar-refractivity contribution is -0.142. The average molecular weight is 201 g/mol. The third kappa shape index (κ3) is 4.04. The SMILES string of the molecule is CC/C=C(/C)C(=O)N[C@H](CO)C(=O)O. The number of carboxylic acid groups (broad SMARTS) is 1. The number of amides is 1. The van der Waals surface area contributed by atoms with Crippen LogP contribution < -0.4 is 5.32 Å². The minimum Gasteiger partial charge on any atom is -0.480 e. The molecule has 0 unspecified atom stereocenters. The van der Waals surface area contributed by atoms with Crippen LogP contribution in [-0.4, -0.2) is 34.7 Å². The van der Waals surface area contributed by atoms with Crippen molar-refractivity contribution in [2.45, 2.75) is 26.3 Å². The molecule has 80 valence electrons. The molecule has 0 bridgehead atoms. The van der Waals surface area contributed by atoms with Crippen LogP contribution in [0, 0.1) is 0 Å². The van der Waals surface area contributed by atoms with Gasteiger partial charge < -0.3 is 15.5 Å². The van der Waals surface area contributed by atoms with Crippen molar-refractivity contribution in [3.05, 3.63) is 11.6 Å². The van der Waals surface area contributed by atoms with Crippen molar-refractivity contribution in [3.63, 3.8) is 0 Å². The molecule has 5 heteroatoms. The van der Waals surface area contributed by atoms with Crippen LogP contribution in [0.25, 0.3) is 0 Å². The van der Waals surface area contributed by atoms with Crippen LogP contribution >= 0.6 is 0 Å². The van der Waals surface area contributed by atoms with Gasteiger partial charge in [0.2, 0.25) is 5.91 Å². The molecule has 0 aliphatic carbocycles. The summed E-state index contributed by atoms with van der Waals surface area (Å²) in [6.45, 7) is 2.85. The molecule has 0 aromatic rings. The smallest absolute Gasteiger partial charge is 0.328 e. The Morgan fingerprint density at radius 2 is 2.07 bits per heavy atom. The number of nitrogens with one attached hydrogen (secondary N) is 1. The van der Waals surface area contributed by atoms with E-state index < -0.39 is 24.5 Å². The minimum atomic E-state index is -1.25. The Kier molecular flexibility index (Phi) is 5.55. The van der Waals surface area contributed by atoms with Gasteiger partial charge in [-0.15, -0.1) is 0 Å². The number of carbonyl (C=O) groups is 2. The van der Waals surface area contributed by atoms with Gasteiger partial charge in [0.1, 0.15) is 0 Å². The van der Waals surface area contributed by atoms with E-state index in [4.69, 9.17) is 10.2 Å². The number of aliphatic hydroxyl groups excluding tert-OH is 1. The first-order valence-corrected chi connectivity index (χ1v) is 4.34. The van der Waals surface area contributed by atoms with Crippen molar-refractivity contribution in [2.75, 3.05) is 6.61 Å². The second-order valence-corrected chi connectivity index (χ2v) is 2.84. The lowest BCUT2D eigenvalue weighted by Crippen LogP contribution is -2.43. The van der Waals surface area contributed by atoms with Crippen molar-refractivity contribution in [1.82, 2.24) is 5.32 Å². The summed E-state index contributed by atoms with van der Waals surface area (Å²) in [6.07, 6.45) is 2.39. The first-order chi connectivity index (χ1) is 6.52. The van der Waals surface area contributed by atoms with E-state index >= 15 is 0 Å². The van der Waals surface area contributed by atoms with Gasteiger partial charge >= 0.3 is 5.97 Å². The van der Waals surface area contributed by atoms with Gasteiger partial charge in [-0.2, -0.15) is 0 Å². The van der Waals surface area contributed by atoms with E-state index in [1.54, 1.807) is 13.0 Å². The van der Waals surface area contributed by atoms with Crippen molar-refractivity contribution in [2.24, 2.45) is 0 Å². The third-order valence-corrected chi connectivity index (χ3v) is 1.65. The van der Waals surface area contributed by atoms with E-state index in [1.807, 2.05) is 6.92 Å². The zero-order valence-electron chi connectivity index (χ0n) is 8.28. The molecule has 0 aliphatic rings. The summed E-state index contributed by atoms with van der Waals surface area (Å²) in [6, 6.07) is -1.23. The Labute approximate surface area is 82.4 Å². The van der Waals surface area contributed by atoms with Gasteiger partial charge in [0, 0.05) is 5.57 Å². The van der Waals surface area contributed by atoms with Gasteiger partial charge in [-0.05, 0) is 13.3 Å². The van der Waals surface area contributed by atoms with Crippen LogP contribution in [0.5, 0.6) is 0 Å². The lowest BCUT2D eigenvalue weighted by atomic mass is 10.2. The highest BCUT2D eigenvalue weighted by atomic mass is 16.4. The fraction of sp³-hybridized carbons (Fsp3) is 0.556. The third-order valence-electron chi connectivity index (χ3n) is 1.65. The molecular weight excluding hydrogens is 186 g/mol. The maximum absolute atomic E-state index is 11.3. The summed E-state index contributed by atoms with van der Waals surface area (Å²) < 4.78 is 0. The summed E-state index contributed by atoms with van der Waals surface area (Å²) in [5, 5.41) is 19.4. The van der Waals surface area contributed by atoms with E-state index in [1.165, 1.54) is 0 Å². The number of hydrogen-bond donors (Lipinski definition) is 3. The van der Waals surface area contributed by atoms with E-state index in [9.17, 15) is 9.59 Å². The van der Waals surface area contributed by atoms with Crippen molar-refractivity contribution < 1.29 is 19.8 Å². The summed E-state index contributed by atoms with van der Waals surface area (Å²) in [5.41, 5.74) is 0.451. The van der Waals surface area contributed by atoms with E-state index in [-0.39, 0.29) is 0 Å². The molecule has 14 heavy (non-hydrogen) atoms. The highest BCUT2D eigenvalue weighted by Crippen LogP contribution is 1.96. The summed E-state index contributed by atoms with van der Waals surface area (Å²) in [7, 11) is 0. The molecule has 0 rings (SSSR count). The standard InChI is InChI=1S/C9H15NO4/c1-3-4-6(2)8(12)10-7(5-11)9(13)14/h4,7,11H,3,5H2,1-2H3,(H,10,12)(H,13,14)/b6-4-/t7-/m1/s1. The Hall–Kier alpha value is -1.36. The first-order valence-electron chi connectivity index (χ1n) is 4.34. The van der Waals surface area contributed by atoms with Gasteiger partial charge in [0.25, 0.3) is 0 Å². The molecule has 0 saturated heterocycles. The Morgan fingerprint density at radius 1 is 1.50 bits per heavy atom. The largest absolute Gasteiger partial charge is 0.480 e. The van der Waals surface area contributed by atoms with E-state index in [2.05, 4.69) is 5.32 Å². The van der Waals surface area contributed by atoms with Crippen LogP contribution in [0.15, 0.2) is 11.6 Å². The van der Waals surface area contributed by atoms with Crippen LogP contribution in [0.1, 0.15) is 20.3 Å². The second kappa shape index (κ2) is 6.15. The zero-order chi connectivity index (χ0) is 11.1. The number of allylic oxidation sites excluding steroid dienone is 1. The molecule has 0 heterocycles. The van der Waals surface area contributed by atoms with Crippen LogP contribution in [-0.2, 0) is 9.59 Å². The first kappa shape index (κ1) is 12.6. The monoisotopic (exact) mass is 201 g/mol. The van der Waals surface area contributed by atoms with Crippen LogP contribution in [0.3, 0.4) is 0 Å². The maximum atomic E-state index is 11.3. The number of hydrogen-bond acceptors (Lipinski definition) is 3. The quantitative estimate of drug-likeness (QED) is 0.542. The fourth-order valence-corrected chi connectivity index (χ4v) is 0.856. The molecule has 0 spiro atoms. The molecule has 0 aromatic carbocycles. The molecule has 3 N–H and O–H groups in total. The number of rotatable bonds is 5. The van der Waals surface area contributed by atoms with Crippen molar-refractivity contribution in [1.29, 1.82) is 0 Å². The molecule has 5 nitrogen and oxygen atoms in total. The minimum absolute atomic E-state index is 0.451. The number of carbonyl (C=O) groups excluding carboxylic acids is 1. The van der Waals surface area contributed by atoms with Gasteiger partial charge in [-0.1, -0.05) is 13.0 Å². The topological polar surface area (TPSA) is 86.6 Å². The van der Waals surface area contributed by atoms with Gasteiger partial charge in [0.05, 0.1) is 6.61 Å². The van der Waals surface area contributed by atoms with E-state index in [0.29, 0.717) is 12.0 Å². The van der Waals surface area contributed by atoms with Crippen molar-refractivity contribution in [3.8, 4) is 0 Å². The number of aliphatic carboxylic acids is 1. The highest BCUT2D eigenvalue weighted by Gasteiger charge is 2.18.